The molecule has 3 heteroatoms. The number of para-hydroxylation sites is 1. The Morgan fingerprint density at radius 2 is 1.78 bits per heavy atom. The maximum Gasteiger partial charge on any atom is 0.135 e. The monoisotopic (exact) mass is 318 g/mol. The van der Waals surface area contributed by atoms with Crippen molar-refractivity contribution in [2.45, 2.75) is 26.2 Å². The van der Waals surface area contributed by atoms with Crippen LogP contribution in [-0.2, 0) is 5.41 Å². The van der Waals surface area contributed by atoms with Crippen LogP contribution in [0.4, 0.5) is 0 Å². The maximum atomic E-state index is 9.50. The molecule has 23 heavy (non-hydrogen) atoms. The molecule has 3 aromatic rings. The Morgan fingerprint density at radius 1 is 1.09 bits per heavy atom. The smallest absolute Gasteiger partial charge is 0.135 e. The summed E-state index contributed by atoms with van der Waals surface area (Å²) in [5.74, 6) is 0. The predicted molar refractivity (Wildman–Crippen MR) is 98.2 cm³/mol. The number of hydrogen-bond acceptors (Lipinski definition) is 3. The molecule has 0 N–H and O–H groups in total. The fraction of sp³-hybridized carbons (Fsp3) is 0.200. The number of fused-ring (bicyclic) bond motifs is 1. The first-order chi connectivity index (χ1) is 11.0. The van der Waals surface area contributed by atoms with E-state index in [9.17, 15) is 5.26 Å². The van der Waals surface area contributed by atoms with E-state index in [-0.39, 0.29) is 5.41 Å². The number of allylic oxidation sites excluding steroid dienone is 1. The highest BCUT2D eigenvalue weighted by Crippen LogP contribution is 2.28. The highest BCUT2D eigenvalue weighted by atomic mass is 32.1. The molecule has 0 aliphatic rings. The summed E-state index contributed by atoms with van der Waals surface area (Å²) in [6.45, 7) is 6.58. The first-order valence-electron chi connectivity index (χ1n) is 7.56. The number of rotatable bonds is 2. The third kappa shape index (κ3) is 3.33. The zero-order chi connectivity index (χ0) is 16.4. The number of thiazole rings is 1. The topological polar surface area (TPSA) is 36.7 Å². The fourth-order valence-corrected chi connectivity index (χ4v) is 3.31. The summed E-state index contributed by atoms with van der Waals surface area (Å²) < 4.78 is 1.10. The Morgan fingerprint density at radius 3 is 2.39 bits per heavy atom. The average Bonchev–Trinajstić information content (AvgIpc) is 2.96. The first-order valence-corrected chi connectivity index (χ1v) is 8.37. The van der Waals surface area contributed by atoms with Gasteiger partial charge in [0.2, 0.25) is 0 Å². The Balaban J connectivity index is 1.97. The summed E-state index contributed by atoms with van der Waals surface area (Å²) >= 11 is 1.55. The molecule has 1 aromatic heterocycles. The summed E-state index contributed by atoms with van der Waals surface area (Å²) in [6.07, 6.45) is 1.91. The van der Waals surface area contributed by atoms with Crippen molar-refractivity contribution >= 4 is 33.2 Å². The van der Waals surface area contributed by atoms with Crippen LogP contribution in [0.1, 0.15) is 36.9 Å². The second-order valence-corrected chi connectivity index (χ2v) is 7.56. The summed E-state index contributed by atoms with van der Waals surface area (Å²) in [5.41, 5.74) is 3.99. The molecule has 1 heterocycles. The standard InChI is InChI=1S/C20H18N2S/c1-20(2,3)16-10-8-14(9-11-16)12-15(13-21)19-22-17-6-4-5-7-18(17)23-19/h4-12H,1-3H3/b15-12+. The van der Waals surface area contributed by atoms with Crippen molar-refractivity contribution in [1.82, 2.24) is 4.98 Å². The third-order valence-electron chi connectivity index (χ3n) is 3.73. The zero-order valence-corrected chi connectivity index (χ0v) is 14.3. The van der Waals surface area contributed by atoms with Gasteiger partial charge in [-0.3, -0.25) is 0 Å². The quantitative estimate of drug-likeness (QED) is 0.572. The minimum Gasteiger partial charge on any atom is -0.235 e. The van der Waals surface area contributed by atoms with Gasteiger partial charge in [-0.15, -0.1) is 11.3 Å². The molecular formula is C20H18N2S. The van der Waals surface area contributed by atoms with E-state index >= 15 is 0 Å². The van der Waals surface area contributed by atoms with Gasteiger partial charge in [0.15, 0.2) is 0 Å². The lowest BCUT2D eigenvalue weighted by molar-refractivity contribution is 0.590. The fourth-order valence-electron chi connectivity index (χ4n) is 2.38. The highest BCUT2D eigenvalue weighted by molar-refractivity contribution is 7.19. The van der Waals surface area contributed by atoms with Gasteiger partial charge in [0.25, 0.3) is 0 Å². The Kier molecular flexibility index (Phi) is 4.02. The Hall–Kier alpha value is -2.44. The predicted octanol–water partition coefficient (Wildman–Crippen LogP) is 5.66. The molecule has 0 radical (unpaired) electrons. The Labute approximate surface area is 140 Å². The van der Waals surface area contributed by atoms with E-state index in [2.05, 4.69) is 56.1 Å². The normalized spacial score (nSPS) is 12.3. The van der Waals surface area contributed by atoms with Gasteiger partial charge in [0.05, 0.1) is 15.8 Å². The first kappa shape index (κ1) is 15.5. The summed E-state index contributed by atoms with van der Waals surface area (Å²) in [6, 6.07) is 18.6. The molecule has 0 saturated heterocycles. The van der Waals surface area contributed by atoms with Crippen LogP contribution in [0.15, 0.2) is 48.5 Å². The summed E-state index contributed by atoms with van der Waals surface area (Å²) in [7, 11) is 0. The number of aromatic nitrogens is 1. The number of hydrogen-bond donors (Lipinski definition) is 0. The van der Waals surface area contributed by atoms with E-state index < -0.39 is 0 Å². The molecule has 2 nitrogen and oxygen atoms in total. The SMILES string of the molecule is CC(C)(C)c1ccc(/C=C(\C#N)c2nc3ccccc3s2)cc1. The van der Waals surface area contributed by atoms with E-state index in [4.69, 9.17) is 0 Å². The molecule has 3 rings (SSSR count). The molecule has 0 saturated carbocycles. The van der Waals surface area contributed by atoms with Crippen LogP contribution in [0.5, 0.6) is 0 Å². The summed E-state index contributed by atoms with van der Waals surface area (Å²) in [4.78, 5) is 4.56. The maximum absolute atomic E-state index is 9.50. The van der Waals surface area contributed by atoms with E-state index in [1.165, 1.54) is 5.56 Å². The molecule has 114 valence electrons. The molecule has 0 aliphatic carbocycles. The van der Waals surface area contributed by atoms with Crippen LogP contribution < -0.4 is 0 Å². The molecule has 0 spiro atoms. The van der Waals surface area contributed by atoms with Gasteiger partial charge in [-0.05, 0) is 34.8 Å². The van der Waals surface area contributed by atoms with Crippen molar-refractivity contribution < 1.29 is 0 Å². The van der Waals surface area contributed by atoms with E-state index in [1.807, 2.05) is 30.3 Å². The number of nitriles is 1. The van der Waals surface area contributed by atoms with Gasteiger partial charge in [0, 0.05) is 0 Å². The number of benzene rings is 2. The lowest BCUT2D eigenvalue weighted by Crippen LogP contribution is -2.10. The molecule has 0 amide bonds. The second-order valence-electron chi connectivity index (χ2n) is 6.53. The minimum absolute atomic E-state index is 0.132. The number of nitrogens with zero attached hydrogens (tertiary/aromatic N) is 2. The van der Waals surface area contributed by atoms with Gasteiger partial charge < -0.3 is 0 Å². The van der Waals surface area contributed by atoms with Crippen molar-refractivity contribution in [3.05, 3.63) is 64.7 Å². The largest absolute Gasteiger partial charge is 0.235 e. The van der Waals surface area contributed by atoms with Crippen molar-refractivity contribution in [1.29, 1.82) is 5.26 Å². The lowest BCUT2D eigenvalue weighted by Gasteiger charge is -2.18. The molecule has 0 aliphatic heterocycles. The Bertz CT molecular complexity index is 870. The molecule has 2 aromatic carbocycles. The molecule has 0 unspecified atom stereocenters. The third-order valence-corrected chi connectivity index (χ3v) is 4.80. The van der Waals surface area contributed by atoms with E-state index in [1.54, 1.807) is 11.3 Å². The van der Waals surface area contributed by atoms with Gasteiger partial charge >= 0.3 is 0 Å². The van der Waals surface area contributed by atoms with Crippen molar-refractivity contribution in [3.8, 4) is 6.07 Å². The highest BCUT2D eigenvalue weighted by Gasteiger charge is 2.13. The van der Waals surface area contributed by atoms with Crippen LogP contribution in [-0.4, -0.2) is 4.98 Å². The van der Waals surface area contributed by atoms with Crippen molar-refractivity contribution in [2.75, 3.05) is 0 Å². The molecule has 0 bridgehead atoms. The average molecular weight is 318 g/mol. The van der Waals surface area contributed by atoms with Crippen LogP contribution >= 0.6 is 11.3 Å². The van der Waals surface area contributed by atoms with Crippen LogP contribution in [0.2, 0.25) is 0 Å². The second kappa shape index (κ2) is 5.98. The zero-order valence-electron chi connectivity index (χ0n) is 13.5. The summed E-state index contributed by atoms with van der Waals surface area (Å²) in [5, 5.41) is 10.3. The van der Waals surface area contributed by atoms with Crippen LogP contribution in [0, 0.1) is 11.3 Å². The van der Waals surface area contributed by atoms with E-state index in [0.717, 1.165) is 20.8 Å². The molecule has 0 fully saturated rings. The van der Waals surface area contributed by atoms with Gasteiger partial charge in [-0.25, -0.2) is 4.98 Å². The minimum atomic E-state index is 0.132. The van der Waals surface area contributed by atoms with Gasteiger partial charge in [-0.2, -0.15) is 5.26 Å². The van der Waals surface area contributed by atoms with Crippen LogP contribution in [0.25, 0.3) is 21.9 Å². The van der Waals surface area contributed by atoms with Gasteiger partial charge in [0.1, 0.15) is 11.1 Å². The van der Waals surface area contributed by atoms with E-state index in [0.29, 0.717) is 5.57 Å². The van der Waals surface area contributed by atoms with Crippen molar-refractivity contribution in [3.63, 3.8) is 0 Å². The lowest BCUT2D eigenvalue weighted by atomic mass is 9.86. The van der Waals surface area contributed by atoms with Crippen molar-refractivity contribution in [2.24, 2.45) is 0 Å². The van der Waals surface area contributed by atoms with Gasteiger partial charge in [-0.1, -0.05) is 57.2 Å². The molecule has 0 atom stereocenters. The molecular weight excluding hydrogens is 300 g/mol. The van der Waals surface area contributed by atoms with Crippen LogP contribution in [0.3, 0.4) is 0 Å².